The number of carbonyl (C=O) groups is 1. The van der Waals surface area contributed by atoms with Gasteiger partial charge in [-0.15, -0.1) is 0 Å². The van der Waals surface area contributed by atoms with Crippen LogP contribution >= 0.6 is 0 Å². The fourth-order valence-electron chi connectivity index (χ4n) is 3.40. The van der Waals surface area contributed by atoms with Crippen LogP contribution in [-0.4, -0.2) is 46.7 Å². The van der Waals surface area contributed by atoms with Crippen molar-refractivity contribution in [2.45, 2.75) is 57.0 Å². The first-order valence-corrected chi connectivity index (χ1v) is 6.69. The molecule has 98 valence electrons. The van der Waals surface area contributed by atoms with Crippen LogP contribution in [0.15, 0.2) is 0 Å². The predicted molar refractivity (Wildman–Crippen MR) is 66.7 cm³/mol. The Hall–Kier alpha value is -0.610. The maximum Gasteiger partial charge on any atom is 0.242 e. The molecule has 0 aromatic rings. The molecule has 0 unspecified atom stereocenters. The van der Waals surface area contributed by atoms with Crippen LogP contribution in [0.1, 0.15) is 46.0 Å². The Morgan fingerprint density at radius 1 is 1.29 bits per heavy atom. The third kappa shape index (κ3) is 2.47. The van der Waals surface area contributed by atoms with Crippen molar-refractivity contribution in [1.29, 1.82) is 0 Å². The van der Waals surface area contributed by atoms with Gasteiger partial charge in [0.15, 0.2) is 0 Å². The van der Waals surface area contributed by atoms with E-state index in [0.717, 1.165) is 19.4 Å². The summed E-state index contributed by atoms with van der Waals surface area (Å²) in [7, 11) is 0. The first-order chi connectivity index (χ1) is 7.99. The van der Waals surface area contributed by atoms with Gasteiger partial charge in [0.05, 0.1) is 12.1 Å². The molecule has 0 radical (unpaired) electrons. The van der Waals surface area contributed by atoms with E-state index in [0.29, 0.717) is 6.54 Å². The van der Waals surface area contributed by atoms with E-state index in [-0.39, 0.29) is 18.1 Å². The normalized spacial score (nSPS) is 27.5. The van der Waals surface area contributed by atoms with Crippen LogP contribution in [0.2, 0.25) is 0 Å². The Balaban J connectivity index is 2.17. The highest BCUT2D eigenvalue weighted by Crippen LogP contribution is 2.34. The molecule has 2 rings (SSSR count). The largest absolute Gasteiger partial charge is 0.395 e. The lowest BCUT2D eigenvalue weighted by Gasteiger charge is -2.52. The molecular formula is C13H24N2O2. The molecule has 1 spiro atoms. The van der Waals surface area contributed by atoms with Gasteiger partial charge in [-0.3, -0.25) is 10.1 Å². The molecule has 4 heteroatoms. The number of rotatable bonds is 2. The van der Waals surface area contributed by atoms with Gasteiger partial charge in [-0.2, -0.15) is 0 Å². The van der Waals surface area contributed by atoms with E-state index in [2.05, 4.69) is 5.32 Å². The maximum absolute atomic E-state index is 12.2. The van der Waals surface area contributed by atoms with Crippen LogP contribution in [0.5, 0.6) is 0 Å². The molecule has 1 heterocycles. The van der Waals surface area contributed by atoms with Crippen molar-refractivity contribution in [3.63, 3.8) is 0 Å². The number of hydrogen-bond donors (Lipinski definition) is 2. The highest BCUT2D eigenvalue weighted by atomic mass is 16.3. The quantitative estimate of drug-likeness (QED) is 0.754. The Kier molecular flexibility index (Phi) is 3.46. The monoisotopic (exact) mass is 240 g/mol. The fraction of sp³-hybridized carbons (Fsp3) is 0.923. The third-order valence-electron chi connectivity index (χ3n) is 4.07. The molecule has 1 saturated heterocycles. The number of carbonyl (C=O) groups excluding carboxylic acids is 1. The molecule has 0 atom stereocenters. The summed E-state index contributed by atoms with van der Waals surface area (Å²) in [5, 5.41) is 12.7. The van der Waals surface area contributed by atoms with E-state index in [1.807, 2.05) is 18.7 Å². The lowest BCUT2D eigenvalue weighted by atomic mass is 9.77. The van der Waals surface area contributed by atoms with Crippen molar-refractivity contribution in [1.82, 2.24) is 10.2 Å². The standard InChI is InChI=1S/C13H24N2O2/c1-12(2)11(17)15(8-9-16)10-13(14-12)6-4-3-5-7-13/h14,16H,3-10H2,1-2H3. The number of aliphatic hydroxyl groups is 1. The molecule has 0 bridgehead atoms. The van der Waals surface area contributed by atoms with Gasteiger partial charge in [0.1, 0.15) is 0 Å². The SMILES string of the molecule is CC1(C)NC2(CCCCC2)CN(CCO)C1=O. The molecule has 17 heavy (non-hydrogen) atoms. The fourth-order valence-corrected chi connectivity index (χ4v) is 3.40. The Bertz CT molecular complexity index is 296. The molecule has 4 nitrogen and oxygen atoms in total. The summed E-state index contributed by atoms with van der Waals surface area (Å²) in [4.78, 5) is 14.1. The molecule has 1 aliphatic carbocycles. The third-order valence-corrected chi connectivity index (χ3v) is 4.07. The zero-order valence-corrected chi connectivity index (χ0v) is 11.0. The van der Waals surface area contributed by atoms with Crippen LogP contribution in [-0.2, 0) is 4.79 Å². The van der Waals surface area contributed by atoms with E-state index < -0.39 is 5.54 Å². The van der Waals surface area contributed by atoms with Crippen LogP contribution in [0, 0.1) is 0 Å². The lowest BCUT2D eigenvalue weighted by molar-refractivity contribution is -0.145. The zero-order valence-electron chi connectivity index (χ0n) is 11.0. The van der Waals surface area contributed by atoms with Gasteiger partial charge in [-0.1, -0.05) is 19.3 Å². The van der Waals surface area contributed by atoms with Gasteiger partial charge in [0.25, 0.3) is 0 Å². The van der Waals surface area contributed by atoms with E-state index in [9.17, 15) is 4.79 Å². The summed E-state index contributed by atoms with van der Waals surface area (Å²) >= 11 is 0. The maximum atomic E-state index is 12.2. The van der Waals surface area contributed by atoms with Crippen molar-refractivity contribution >= 4 is 5.91 Å². The van der Waals surface area contributed by atoms with Gasteiger partial charge >= 0.3 is 0 Å². The zero-order chi connectivity index (χ0) is 12.5. The topological polar surface area (TPSA) is 52.6 Å². The summed E-state index contributed by atoms with van der Waals surface area (Å²) in [6.45, 7) is 5.18. The number of hydrogen-bond acceptors (Lipinski definition) is 3. The van der Waals surface area contributed by atoms with Gasteiger partial charge in [0, 0.05) is 18.6 Å². The molecule has 2 aliphatic rings. The summed E-state index contributed by atoms with van der Waals surface area (Å²) in [6, 6.07) is 0. The highest BCUT2D eigenvalue weighted by Gasteiger charge is 2.47. The second-order valence-corrected chi connectivity index (χ2v) is 6.04. The number of piperazine rings is 1. The minimum Gasteiger partial charge on any atom is -0.395 e. The van der Waals surface area contributed by atoms with Crippen molar-refractivity contribution in [2.75, 3.05) is 19.7 Å². The number of amides is 1. The molecule has 2 N–H and O–H groups in total. The van der Waals surface area contributed by atoms with E-state index in [1.165, 1.54) is 19.3 Å². The van der Waals surface area contributed by atoms with Crippen LogP contribution in [0.4, 0.5) is 0 Å². The molecular weight excluding hydrogens is 216 g/mol. The summed E-state index contributed by atoms with van der Waals surface area (Å²) < 4.78 is 0. The summed E-state index contributed by atoms with van der Waals surface area (Å²) in [5.74, 6) is 0.114. The molecule has 1 saturated carbocycles. The van der Waals surface area contributed by atoms with Crippen molar-refractivity contribution in [3.05, 3.63) is 0 Å². The minimum absolute atomic E-state index is 0.0535. The molecule has 0 aromatic carbocycles. The average molecular weight is 240 g/mol. The molecule has 0 aromatic heterocycles. The second-order valence-electron chi connectivity index (χ2n) is 6.04. The summed E-state index contributed by atoms with van der Waals surface area (Å²) in [5.41, 5.74) is -0.407. The van der Waals surface area contributed by atoms with Crippen molar-refractivity contribution in [2.24, 2.45) is 0 Å². The first kappa shape index (κ1) is 12.8. The Labute approximate surface area is 103 Å². The smallest absolute Gasteiger partial charge is 0.242 e. The number of aliphatic hydroxyl groups excluding tert-OH is 1. The van der Waals surface area contributed by atoms with E-state index >= 15 is 0 Å². The van der Waals surface area contributed by atoms with Gasteiger partial charge in [-0.25, -0.2) is 0 Å². The highest BCUT2D eigenvalue weighted by molar-refractivity contribution is 5.86. The number of nitrogens with zero attached hydrogens (tertiary/aromatic N) is 1. The number of nitrogens with one attached hydrogen (secondary N) is 1. The van der Waals surface area contributed by atoms with Crippen molar-refractivity contribution < 1.29 is 9.90 Å². The van der Waals surface area contributed by atoms with Crippen LogP contribution in [0.3, 0.4) is 0 Å². The van der Waals surface area contributed by atoms with Gasteiger partial charge in [-0.05, 0) is 26.7 Å². The predicted octanol–water partition coefficient (Wildman–Crippen LogP) is 0.892. The molecule has 1 aliphatic heterocycles. The van der Waals surface area contributed by atoms with Gasteiger partial charge < -0.3 is 10.0 Å². The average Bonchev–Trinajstić information content (AvgIpc) is 2.26. The van der Waals surface area contributed by atoms with Crippen LogP contribution < -0.4 is 5.32 Å². The number of β-amino-alcohol motifs (C(OH)–C–C–N with tert-alkyl or cyclic N) is 1. The molecule has 1 amide bonds. The lowest BCUT2D eigenvalue weighted by Crippen LogP contribution is -2.72. The van der Waals surface area contributed by atoms with Crippen LogP contribution in [0.25, 0.3) is 0 Å². The van der Waals surface area contributed by atoms with Crippen molar-refractivity contribution in [3.8, 4) is 0 Å². The molecule has 2 fully saturated rings. The Morgan fingerprint density at radius 2 is 1.94 bits per heavy atom. The first-order valence-electron chi connectivity index (χ1n) is 6.69. The summed E-state index contributed by atoms with van der Waals surface area (Å²) in [6.07, 6.45) is 6.07. The van der Waals surface area contributed by atoms with Gasteiger partial charge in [0.2, 0.25) is 5.91 Å². The second kappa shape index (κ2) is 4.58. The minimum atomic E-state index is -0.495. The Morgan fingerprint density at radius 3 is 2.53 bits per heavy atom. The van der Waals surface area contributed by atoms with E-state index in [4.69, 9.17) is 5.11 Å². The van der Waals surface area contributed by atoms with E-state index in [1.54, 1.807) is 0 Å².